The monoisotopic (exact) mass is 262 g/mol. The van der Waals surface area contributed by atoms with E-state index in [4.69, 9.17) is 5.73 Å². The molecule has 0 bridgehead atoms. The highest BCUT2D eigenvalue weighted by Gasteiger charge is 2.18. The van der Waals surface area contributed by atoms with Gasteiger partial charge in [0.2, 0.25) is 5.91 Å². The highest BCUT2D eigenvalue weighted by Crippen LogP contribution is 2.23. The topological polar surface area (TPSA) is 75.4 Å². The zero-order valence-electron chi connectivity index (χ0n) is 11.1. The molecule has 0 radical (unpaired) electrons. The molecule has 1 saturated carbocycles. The fourth-order valence-corrected chi connectivity index (χ4v) is 2.60. The predicted octanol–water partition coefficient (Wildman–Crippen LogP) is 1.43. The van der Waals surface area contributed by atoms with E-state index < -0.39 is 0 Å². The van der Waals surface area contributed by atoms with E-state index in [2.05, 4.69) is 5.32 Å². The van der Waals surface area contributed by atoms with Gasteiger partial charge in [0.1, 0.15) is 0 Å². The summed E-state index contributed by atoms with van der Waals surface area (Å²) in [6, 6.07) is 7.41. The Kier molecular flexibility index (Phi) is 4.93. The standard InChI is InChI=1S/C15H22N2O2/c16-15(19)13-3-1-2-12(8-13)10-17-9-11-4-6-14(18)7-5-11/h1-3,8,11,14,17-18H,4-7,9-10H2,(H2,16,19). The van der Waals surface area contributed by atoms with Crippen LogP contribution >= 0.6 is 0 Å². The maximum Gasteiger partial charge on any atom is 0.248 e. The molecule has 0 aliphatic heterocycles. The molecule has 0 unspecified atom stereocenters. The maximum absolute atomic E-state index is 11.1. The minimum atomic E-state index is -0.386. The number of hydrogen-bond acceptors (Lipinski definition) is 3. The van der Waals surface area contributed by atoms with E-state index in [1.54, 1.807) is 6.07 Å². The molecule has 0 atom stereocenters. The minimum Gasteiger partial charge on any atom is -0.393 e. The van der Waals surface area contributed by atoms with Gasteiger partial charge in [0.05, 0.1) is 6.10 Å². The van der Waals surface area contributed by atoms with Crippen molar-refractivity contribution in [3.8, 4) is 0 Å². The Bertz CT molecular complexity index is 426. The molecule has 1 aliphatic rings. The highest BCUT2D eigenvalue weighted by atomic mass is 16.3. The van der Waals surface area contributed by atoms with E-state index in [1.165, 1.54) is 0 Å². The number of rotatable bonds is 5. The van der Waals surface area contributed by atoms with Crippen LogP contribution in [0, 0.1) is 5.92 Å². The SMILES string of the molecule is NC(=O)c1cccc(CNCC2CCC(O)CC2)c1. The smallest absolute Gasteiger partial charge is 0.248 e. The molecule has 1 aliphatic carbocycles. The normalized spacial score (nSPS) is 23.2. The molecule has 19 heavy (non-hydrogen) atoms. The van der Waals surface area contributed by atoms with Crippen molar-refractivity contribution < 1.29 is 9.90 Å². The zero-order valence-corrected chi connectivity index (χ0v) is 11.1. The molecular weight excluding hydrogens is 240 g/mol. The molecule has 1 aromatic rings. The third-order valence-corrected chi connectivity index (χ3v) is 3.79. The van der Waals surface area contributed by atoms with Crippen LogP contribution in [0.2, 0.25) is 0 Å². The second kappa shape index (κ2) is 6.68. The van der Waals surface area contributed by atoms with Crippen molar-refractivity contribution in [3.63, 3.8) is 0 Å². The summed E-state index contributed by atoms with van der Waals surface area (Å²) in [4.78, 5) is 11.1. The molecule has 4 nitrogen and oxygen atoms in total. The number of nitrogens with two attached hydrogens (primary N) is 1. The van der Waals surface area contributed by atoms with Gasteiger partial charge in [-0.3, -0.25) is 4.79 Å². The second-order valence-electron chi connectivity index (χ2n) is 5.37. The van der Waals surface area contributed by atoms with Crippen LogP contribution in [-0.2, 0) is 6.54 Å². The zero-order chi connectivity index (χ0) is 13.7. The number of aliphatic hydroxyl groups is 1. The summed E-state index contributed by atoms with van der Waals surface area (Å²) in [7, 11) is 0. The number of carbonyl (C=O) groups excluding carboxylic acids is 1. The Balaban J connectivity index is 1.76. The Morgan fingerprint density at radius 3 is 2.74 bits per heavy atom. The molecule has 0 aromatic heterocycles. The van der Waals surface area contributed by atoms with Crippen LogP contribution in [0.15, 0.2) is 24.3 Å². The number of carbonyl (C=O) groups is 1. The van der Waals surface area contributed by atoms with Crippen molar-refractivity contribution >= 4 is 5.91 Å². The largest absolute Gasteiger partial charge is 0.393 e. The fourth-order valence-electron chi connectivity index (χ4n) is 2.60. The summed E-state index contributed by atoms with van der Waals surface area (Å²) < 4.78 is 0. The van der Waals surface area contributed by atoms with Gasteiger partial charge in [-0.1, -0.05) is 12.1 Å². The first-order valence-corrected chi connectivity index (χ1v) is 6.92. The molecule has 1 amide bonds. The van der Waals surface area contributed by atoms with Crippen molar-refractivity contribution in [1.29, 1.82) is 0 Å². The van der Waals surface area contributed by atoms with Crippen molar-refractivity contribution in [3.05, 3.63) is 35.4 Å². The van der Waals surface area contributed by atoms with Gasteiger partial charge in [0, 0.05) is 12.1 Å². The van der Waals surface area contributed by atoms with Gasteiger partial charge >= 0.3 is 0 Å². The number of benzene rings is 1. The summed E-state index contributed by atoms with van der Waals surface area (Å²) in [5.74, 6) is 0.269. The lowest BCUT2D eigenvalue weighted by molar-refractivity contribution is 0.1000. The summed E-state index contributed by atoms with van der Waals surface area (Å²) >= 11 is 0. The first kappa shape index (κ1) is 14.0. The van der Waals surface area contributed by atoms with Gasteiger partial charge in [0.25, 0.3) is 0 Å². The lowest BCUT2D eigenvalue weighted by Gasteiger charge is -2.25. The van der Waals surface area contributed by atoms with Crippen LogP contribution in [0.3, 0.4) is 0 Å². The van der Waals surface area contributed by atoms with E-state index in [0.717, 1.165) is 44.3 Å². The molecule has 1 aromatic carbocycles. The summed E-state index contributed by atoms with van der Waals surface area (Å²) in [5.41, 5.74) is 6.89. The first-order chi connectivity index (χ1) is 9.15. The van der Waals surface area contributed by atoms with Crippen LogP contribution in [-0.4, -0.2) is 23.7 Å². The van der Waals surface area contributed by atoms with Crippen molar-refractivity contribution in [1.82, 2.24) is 5.32 Å². The van der Waals surface area contributed by atoms with Crippen molar-refractivity contribution in [2.24, 2.45) is 11.7 Å². The quantitative estimate of drug-likeness (QED) is 0.751. The van der Waals surface area contributed by atoms with Crippen LogP contribution in [0.25, 0.3) is 0 Å². The van der Waals surface area contributed by atoms with Gasteiger partial charge in [-0.05, 0) is 55.8 Å². The van der Waals surface area contributed by atoms with Gasteiger partial charge in [-0.2, -0.15) is 0 Å². The molecular formula is C15H22N2O2. The van der Waals surface area contributed by atoms with Crippen molar-refractivity contribution in [2.75, 3.05) is 6.54 Å². The second-order valence-corrected chi connectivity index (χ2v) is 5.37. The van der Waals surface area contributed by atoms with E-state index in [9.17, 15) is 9.90 Å². The molecule has 0 saturated heterocycles. The minimum absolute atomic E-state index is 0.0940. The van der Waals surface area contributed by atoms with Gasteiger partial charge in [-0.15, -0.1) is 0 Å². The van der Waals surface area contributed by atoms with Crippen LogP contribution in [0.5, 0.6) is 0 Å². The average molecular weight is 262 g/mol. The number of nitrogens with one attached hydrogen (secondary N) is 1. The Labute approximate surface area is 114 Å². The van der Waals surface area contributed by atoms with Crippen LogP contribution < -0.4 is 11.1 Å². The first-order valence-electron chi connectivity index (χ1n) is 6.92. The molecule has 0 spiro atoms. The summed E-state index contributed by atoms with van der Waals surface area (Å²) in [5, 5.41) is 12.9. The van der Waals surface area contributed by atoms with E-state index >= 15 is 0 Å². The summed E-state index contributed by atoms with van der Waals surface area (Å²) in [6.45, 7) is 1.72. The third-order valence-electron chi connectivity index (χ3n) is 3.79. The van der Waals surface area contributed by atoms with E-state index in [-0.39, 0.29) is 12.0 Å². The van der Waals surface area contributed by atoms with Gasteiger partial charge < -0.3 is 16.2 Å². The highest BCUT2D eigenvalue weighted by molar-refractivity contribution is 5.92. The molecule has 4 N–H and O–H groups in total. The average Bonchev–Trinajstić information content (AvgIpc) is 2.41. The maximum atomic E-state index is 11.1. The van der Waals surface area contributed by atoms with Crippen LogP contribution in [0.1, 0.15) is 41.6 Å². The third kappa shape index (κ3) is 4.33. The molecule has 104 valence electrons. The molecule has 4 heteroatoms. The Hall–Kier alpha value is -1.39. The van der Waals surface area contributed by atoms with E-state index in [1.807, 2.05) is 18.2 Å². The predicted molar refractivity (Wildman–Crippen MR) is 74.6 cm³/mol. The number of amides is 1. The van der Waals surface area contributed by atoms with Crippen LogP contribution in [0.4, 0.5) is 0 Å². The lowest BCUT2D eigenvalue weighted by Crippen LogP contribution is -2.27. The molecule has 0 heterocycles. The number of primary amides is 1. The van der Waals surface area contributed by atoms with Crippen molar-refractivity contribution in [2.45, 2.75) is 38.3 Å². The summed E-state index contributed by atoms with van der Waals surface area (Å²) in [6.07, 6.45) is 3.93. The fraction of sp³-hybridized carbons (Fsp3) is 0.533. The number of aliphatic hydroxyl groups excluding tert-OH is 1. The van der Waals surface area contributed by atoms with E-state index in [0.29, 0.717) is 11.5 Å². The van der Waals surface area contributed by atoms with Gasteiger partial charge in [-0.25, -0.2) is 0 Å². The molecule has 1 fully saturated rings. The van der Waals surface area contributed by atoms with Gasteiger partial charge in [0.15, 0.2) is 0 Å². The lowest BCUT2D eigenvalue weighted by atomic mass is 9.87. The Morgan fingerprint density at radius 1 is 1.32 bits per heavy atom. The Morgan fingerprint density at radius 2 is 2.05 bits per heavy atom. The number of hydrogen-bond donors (Lipinski definition) is 3. The molecule has 2 rings (SSSR count).